The van der Waals surface area contributed by atoms with Gasteiger partial charge in [0.05, 0.1) is 24.0 Å². The molecule has 8 heteroatoms. The topological polar surface area (TPSA) is 89.0 Å². The van der Waals surface area contributed by atoms with E-state index in [1.165, 1.54) is 6.21 Å². The second kappa shape index (κ2) is 9.91. The molecule has 0 aliphatic heterocycles. The van der Waals surface area contributed by atoms with Gasteiger partial charge in [0.2, 0.25) is 11.8 Å². The van der Waals surface area contributed by atoms with Gasteiger partial charge in [0.15, 0.2) is 11.5 Å². The first-order valence-corrected chi connectivity index (χ1v) is 9.10. The lowest BCUT2D eigenvalue weighted by atomic mass is 10.2. The van der Waals surface area contributed by atoms with Crippen LogP contribution in [-0.2, 0) is 9.59 Å². The van der Waals surface area contributed by atoms with Crippen molar-refractivity contribution in [3.05, 3.63) is 51.1 Å². The average molecular weight is 481 g/mol. The molecule has 0 fully saturated rings. The first kappa shape index (κ1) is 20.7. The highest BCUT2D eigenvalue weighted by molar-refractivity contribution is 14.1. The summed E-state index contributed by atoms with van der Waals surface area (Å²) in [5.74, 6) is 0.278. The molecule has 2 rings (SSSR count). The number of halogens is 1. The van der Waals surface area contributed by atoms with Crippen molar-refractivity contribution in [3.63, 3.8) is 0 Å². The fourth-order valence-electron chi connectivity index (χ4n) is 2.22. The zero-order chi connectivity index (χ0) is 19.8. The summed E-state index contributed by atoms with van der Waals surface area (Å²) in [5.41, 5.74) is 4.79. The number of carbonyl (C=O) groups is 2. The third kappa shape index (κ3) is 6.24. The first-order valence-electron chi connectivity index (χ1n) is 8.03. The molecule has 7 nitrogen and oxygen atoms in total. The summed E-state index contributed by atoms with van der Waals surface area (Å²) < 4.78 is 11.4. The van der Waals surface area contributed by atoms with Crippen LogP contribution in [0.15, 0.2) is 41.5 Å². The van der Waals surface area contributed by atoms with Crippen LogP contribution in [0.25, 0.3) is 0 Å². The van der Waals surface area contributed by atoms with Crippen molar-refractivity contribution in [3.8, 4) is 11.5 Å². The van der Waals surface area contributed by atoms with Crippen LogP contribution >= 0.6 is 22.6 Å². The molecule has 0 aliphatic rings. The van der Waals surface area contributed by atoms with Crippen LogP contribution < -0.4 is 20.2 Å². The highest BCUT2D eigenvalue weighted by Gasteiger charge is 2.11. The van der Waals surface area contributed by atoms with Crippen LogP contribution in [0.5, 0.6) is 11.5 Å². The number of amides is 2. The minimum atomic E-state index is -0.508. The molecule has 0 bridgehead atoms. The maximum atomic E-state index is 11.9. The second-order valence-electron chi connectivity index (χ2n) is 5.62. The largest absolute Gasteiger partial charge is 0.493 e. The van der Waals surface area contributed by atoms with E-state index in [4.69, 9.17) is 9.47 Å². The van der Waals surface area contributed by atoms with E-state index >= 15 is 0 Å². The van der Waals surface area contributed by atoms with Gasteiger partial charge in [-0.15, -0.1) is 0 Å². The smallest absolute Gasteiger partial charge is 0.249 e. The lowest BCUT2D eigenvalue weighted by Gasteiger charge is -2.10. The minimum Gasteiger partial charge on any atom is -0.493 e. The molecule has 2 aromatic carbocycles. The summed E-state index contributed by atoms with van der Waals surface area (Å²) in [5, 5.41) is 6.54. The molecular weight excluding hydrogens is 461 g/mol. The Morgan fingerprint density at radius 2 is 1.81 bits per heavy atom. The average Bonchev–Trinajstić information content (AvgIpc) is 2.63. The fraction of sp³-hybridized carbons (Fsp3) is 0.211. The van der Waals surface area contributed by atoms with Crippen LogP contribution in [-0.4, -0.2) is 32.2 Å². The molecule has 0 heterocycles. The number of methoxy groups -OCH3 is 2. The molecule has 0 aliphatic carbocycles. The van der Waals surface area contributed by atoms with E-state index in [1.807, 2.05) is 25.1 Å². The molecule has 2 amide bonds. The molecule has 27 heavy (non-hydrogen) atoms. The Balaban J connectivity index is 1.90. The van der Waals surface area contributed by atoms with Crippen molar-refractivity contribution in [2.45, 2.75) is 13.3 Å². The number of hydrogen-bond acceptors (Lipinski definition) is 5. The Morgan fingerprint density at radius 1 is 1.11 bits per heavy atom. The van der Waals surface area contributed by atoms with E-state index in [-0.39, 0.29) is 6.42 Å². The van der Waals surface area contributed by atoms with Crippen LogP contribution in [0.3, 0.4) is 0 Å². The van der Waals surface area contributed by atoms with Crippen LogP contribution in [0.1, 0.15) is 17.5 Å². The third-order valence-electron chi connectivity index (χ3n) is 3.52. The van der Waals surface area contributed by atoms with Gasteiger partial charge >= 0.3 is 0 Å². The van der Waals surface area contributed by atoms with Gasteiger partial charge in [-0.1, -0.05) is 17.7 Å². The van der Waals surface area contributed by atoms with Crippen molar-refractivity contribution < 1.29 is 19.1 Å². The molecule has 0 saturated carbocycles. The number of anilines is 1. The molecule has 142 valence electrons. The zero-order valence-electron chi connectivity index (χ0n) is 15.2. The molecule has 0 radical (unpaired) electrons. The SMILES string of the molecule is COc1cc(C=NNC(=O)CC(=O)Nc2ccc(C)cc2)cc(I)c1OC. The number of nitrogens with zero attached hydrogens (tertiary/aromatic N) is 1. The predicted octanol–water partition coefficient (Wildman–Crippen LogP) is 3.10. The maximum Gasteiger partial charge on any atom is 0.249 e. The Labute approximate surface area is 171 Å². The van der Waals surface area contributed by atoms with Crippen molar-refractivity contribution in [1.82, 2.24) is 5.43 Å². The van der Waals surface area contributed by atoms with Crippen molar-refractivity contribution in [2.24, 2.45) is 5.10 Å². The van der Waals surface area contributed by atoms with Gasteiger partial charge < -0.3 is 14.8 Å². The summed E-state index contributed by atoms with van der Waals surface area (Å²) in [6.07, 6.45) is 1.15. The Hall–Kier alpha value is -2.62. The van der Waals surface area contributed by atoms with Crippen molar-refractivity contribution in [1.29, 1.82) is 0 Å². The quantitative estimate of drug-likeness (QED) is 0.276. The monoisotopic (exact) mass is 481 g/mol. The van der Waals surface area contributed by atoms with Gasteiger partial charge in [-0.3, -0.25) is 9.59 Å². The van der Waals surface area contributed by atoms with Gasteiger partial charge in [0, 0.05) is 5.69 Å². The first-order chi connectivity index (χ1) is 12.9. The van der Waals surface area contributed by atoms with Gasteiger partial charge in [0.1, 0.15) is 6.42 Å². The second-order valence-corrected chi connectivity index (χ2v) is 6.78. The number of nitrogens with one attached hydrogen (secondary N) is 2. The molecule has 0 aromatic heterocycles. The van der Waals surface area contributed by atoms with E-state index in [1.54, 1.807) is 32.4 Å². The van der Waals surface area contributed by atoms with Gasteiger partial charge in [0.25, 0.3) is 0 Å². The Kier molecular flexibility index (Phi) is 7.59. The summed E-state index contributed by atoms with van der Waals surface area (Å²) in [6, 6.07) is 10.9. The molecule has 2 aromatic rings. The number of aryl methyl sites for hydroxylation is 1. The Morgan fingerprint density at radius 3 is 2.44 bits per heavy atom. The normalized spacial score (nSPS) is 10.5. The number of hydrazone groups is 1. The Bertz CT molecular complexity index is 851. The van der Waals surface area contributed by atoms with Crippen LogP contribution in [0.2, 0.25) is 0 Å². The summed E-state index contributed by atoms with van der Waals surface area (Å²) >= 11 is 2.12. The van der Waals surface area contributed by atoms with E-state index in [9.17, 15) is 9.59 Å². The molecule has 0 unspecified atom stereocenters. The lowest BCUT2D eigenvalue weighted by molar-refractivity contribution is -0.126. The van der Waals surface area contributed by atoms with Crippen molar-refractivity contribution in [2.75, 3.05) is 19.5 Å². The summed E-state index contributed by atoms with van der Waals surface area (Å²) in [6.45, 7) is 1.95. The van der Waals surface area contributed by atoms with E-state index in [2.05, 4.69) is 38.4 Å². The zero-order valence-corrected chi connectivity index (χ0v) is 17.4. The standard InChI is InChI=1S/C19H20IN3O4/c1-12-4-6-14(7-5-12)22-17(24)10-18(25)23-21-11-13-8-15(20)19(27-3)16(9-13)26-2/h4-9,11H,10H2,1-3H3,(H,22,24)(H,23,25). The fourth-order valence-corrected chi connectivity index (χ4v) is 3.06. The van der Waals surface area contributed by atoms with E-state index < -0.39 is 11.8 Å². The number of rotatable bonds is 7. The van der Waals surface area contributed by atoms with Gasteiger partial charge in [-0.2, -0.15) is 5.10 Å². The van der Waals surface area contributed by atoms with E-state index in [0.717, 1.165) is 14.7 Å². The third-order valence-corrected chi connectivity index (χ3v) is 4.32. The molecule has 0 atom stereocenters. The molecule has 2 N–H and O–H groups in total. The highest BCUT2D eigenvalue weighted by Crippen LogP contribution is 2.32. The van der Waals surface area contributed by atoms with Gasteiger partial charge in [-0.25, -0.2) is 5.43 Å². The number of carbonyl (C=O) groups excluding carboxylic acids is 2. The predicted molar refractivity (Wildman–Crippen MR) is 112 cm³/mol. The summed E-state index contributed by atoms with van der Waals surface area (Å²) in [4.78, 5) is 23.7. The number of hydrogen-bond donors (Lipinski definition) is 2. The molecular formula is C19H20IN3O4. The van der Waals surface area contributed by atoms with Crippen LogP contribution in [0.4, 0.5) is 5.69 Å². The lowest BCUT2D eigenvalue weighted by Crippen LogP contribution is -2.24. The van der Waals surface area contributed by atoms with Gasteiger partial charge in [-0.05, 0) is 59.3 Å². The summed E-state index contributed by atoms with van der Waals surface area (Å²) in [7, 11) is 3.11. The highest BCUT2D eigenvalue weighted by atomic mass is 127. The van der Waals surface area contributed by atoms with Crippen LogP contribution in [0, 0.1) is 10.5 Å². The minimum absolute atomic E-state index is 0.325. The number of ether oxygens (including phenoxy) is 2. The maximum absolute atomic E-state index is 11.9. The van der Waals surface area contributed by atoms with E-state index in [0.29, 0.717) is 17.2 Å². The van der Waals surface area contributed by atoms with Crippen molar-refractivity contribution >= 4 is 46.3 Å². The molecule has 0 spiro atoms. The molecule has 0 saturated heterocycles. The number of benzene rings is 2.